The molecule has 0 radical (unpaired) electrons. The maximum atomic E-state index is 11.2. The fourth-order valence-corrected chi connectivity index (χ4v) is 1.56. The first kappa shape index (κ1) is 10.1. The summed E-state index contributed by atoms with van der Waals surface area (Å²) in [6.45, 7) is 3.19. The zero-order valence-electron chi connectivity index (χ0n) is 8.40. The molecule has 2 heterocycles. The molecule has 2 rings (SSSR count). The minimum absolute atomic E-state index is 0.315. The second-order valence-corrected chi connectivity index (χ2v) is 3.37. The van der Waals surface area contributed by atoms with Crippen LogP contribution >= 0.6 is 0 Å². The Kier molecular flexibility index (Phi) is 2.98. The molecule has 0 amide bonds. The molecular weight excluding hydrogens is 196 g/mol. The molecule has 1 saturated heterocycles. The number of H-pyrrole nitrogens is 1. The summed E-state index contributed by atoms with van der Waals surface area (Å²) in [6.07, 6.45) is 0. The van der Waals surface area contributed by atoms with Gasteiger partial charge >= 0.3 is 5.69 Å². The molecule has 1 aliphatic rings. The molecule has 0 unspecified atom stereocenters. The van der Waals surface area contributed by atoms with E-state index in [1.807, 2.05) is 11.0 Å². The molecule has 82 valence electrons. The van der Waals surface area contributed by atoms with Crippen LogP contribution in [-0.4, -0.2) is 36.3 Å². The fourth-order valence-electron chi connectivity index (χ4n) is 1.56. The molecule has 0 bridgehead atoms. The fraction of sp³-hybridized carbons (Fsp3) is 0.556. The molecule has 6 heteroatoms. The number of ether oxygens (including phenoxy) is 1. The van der Waals surface area contributed by atoms with Crippen LogP contribution in [0.2, 0.25) is 0 Å². The molecule has 0 aromatic carbocycles. The molecule has 3 N–H and O–H groups in total. The lowest BCUT2D eigenvalue weighted by atomic mass is 10.3. The number of nitrogens with one attached hydrogen (secondary N) is 1. The van der Waals surface area contributed by atoms with E-state index in [1.54, 1.807) is 0 Å². The van der Waals surface area contributed by atoms with Crippen LogP contribution in [0.1, 0.15) is 5.69 Å². The minimum Gasteiger partial charge on any atom is -0.378 e. The van der Waals surface area contributed by atoms with Gasteiger partial charge in [0.05, 0.1) is 13.2 Å². The number of hydrogen-bond acceptors (Lipinski definition) is 5. The standard InChI is InChI=1S/C9H14N4O2/c10-6-7-5-8(12-9(14)11-7)13-1-3-15-4-2-13/h5H,1-4,6,10H2,(H,11,12,14). The highest BCUT2D eigenvalue weighted by atomic mass is 16.5. The molecule has 1 aromatic rings. The van der Waals surface area contributed by atoms with E-state index < -0.39 is 0 Å². The van der Waals surface area contributed by atoms with Crippen molar-refractivity contribution in [2.45, 2.75) is 6.54 Å². The topological polar surface area (TPSA) is 84.2 Å². The maximum Gasteiger partial charge on any atom is 0.347 e. The van der Waals surface area contributed by atoms with E-state index in [0.29, 0.717) is 31.3 Å². The summed E-state index contributed by atoms with van der Waals surface area (Å²) < 4.78 is 5.23. The van der Waals surface area contributed by atoms with Crippen LogP contribution in [0.4, 0.5) is 5.82 Å². The third kappa shape index (κ3) is 2.34. The van der Waals surface area contributed by atoms with Gasteiger partial charge in [-0.25, -0.2) is 4.79 Å². The van der Waals surface area contributed by atoms with Gasteiger partial charge in [-0.1, -0.05) is 0 Å². The van der Waals surface area contributed by atoms with Crippen molar-refractivity contribution >= 4 is 5.82 Å². The third-order valence-electron chi connectivity index (χ3n) is 2.34. The van der Waals surface area contributed by atoms with Crippen LogP contribution < -0.4 is 16.3 Å². The Labute approximate surface area is 87.1 Å². The minimum atomic E-state index is -0.348. The monoisotopic (exact) mass is 210 g/mol. The van der Waals surface area contributed by atoms with E-state index in [0.717, 1.165) is 13.1 Å². The first-order valence-corrected chi connectivity index (χ1v) is 4.92. The molecule has 1 fully saturated rings. The molecule has 1 aliphatic heterocycles. The van der Waals surface area contributed by atoms with E-state index >= 15 is 0 Å². The summed E-state index contributed by atoms with van der Waals surface area (Å²) in [5, 5.41) is 0. The number of anilines is 1. The van der Waals surface area contributed by atoms with Crippen molar-refractivity contribution in [3.05, 3.63) is 22.2 Å². The molecule has 15 heavy (non-hydrogen) atoms. The highest BCUT2D eigenvalue weighted by Crippen LogP contribution is 2.10. The van der Waals surface area contributed by atoms with E-state index in [9.17, 15) is 4.79 Å². The Morgan fingerprint density at radius 1 is 1.53 bits per heavy atom. The Bertz CT molecular complexity index is 384. The summed E-state index contributed by atoms with van der Waals surface area (Å²) in [4.78, 5) is 19.8. The summed E-state index contributed by atoms with van der Waals surface area (Å²) in [6, 6.07) is 1.81. The average Bonchev–Trinajstić information content (AvgIpc) is 2.29. The zero-order valence-corrected chi connectivity index (χ0v) is 8.40. The lowest BCUT2D eigenvalue weighted by Crippen LogP contribution is -2.38. The summed E-state index contributed by atoms with van der Waals surface area (Å²) >= 11 is 0. The van der Waals surface area contributed by atoms with Gasteiger partial charge in [-0.2, -0.15) is 4.98 Å². The van der Waals surface area contributed by atoms with Crippen molar-refractivity contribution in [3.63, 3.8) is 0 Å². The van der Waals surface area contributed by atoms with Gasteiger partial charge in [-0.3, -0.25) is 0 Å². The van der Waals surface area contributed by atoms with E-state index in [4.69, 9.17) is 10.5 Å². The highest BCUT2D eigenvalue weighted by Gasteiger charge is 2.13. The van der Waals surface area contributed by atoms with Gasteiger partial charge in [0.15, 0.2) is 0 Å². The highest BCUT2D eigenvalue weighted by molar-refractivity contribution is 5.39. The van der Waals surface area contributed by atoms with Gasteiger partial charge in [0.25, 0.3) is 0 Å². The second kappa shape index (κ2) is 4.41. The van der Waals surface area contributed by atoms with Crippen molar-refractivity contribution < 1.29 is 4.74 Å². The molecule has 0 atom stereocenters. The molecule has 0 aliphatic carbocycles. The molecule has 0 spiro atoms. The van der Waals surface area contributed by atoms with Crippen molar-refractivity contribution in [2.24, 2.45) is 5.73 Å². The molecule has 6 nitrogen and oxygen atoms in total. The summed E-state index contributed by atoms with van der Waals surface area (Å²) in [7, 11) is 0. The Morgan fingerprint density at radius 3 is 2.93 bits per heavy atom. The van der Waals surface area contributed by atoms with Crippen LogP contribution in [0.25, 0.3) is 0 Å². The number of nitrogens with two attached hydrogens (primary N) is 1. The van der Waals surface area contributed by atoms with E-state index in [-0.39, 0.29) is 5.69 Å². The summed E-state index contributed by atoms with van der Waals surface area (Å²) in [5.41, 5.74) is 5.83. The first-order valence-electron chi connectivity index (χ1n) is 4.92. The smallest absolute Gasteiger partial charge is 0.347 e. The van der Waals surface area contributed by atoms with Crippen molar-refractivity contribution in [2.75, 3.05) is 31.2 Å². The number of nitrogens with zero attached hydrogens (tertiary/aromatic N) is 2. The predicted molar refractivity (Wildman–Crippen MR) is 55.8 cm³/mol. The average molecular weight is 210 g/mol. The zero-order chi connectivity index (χ0) is 10.7. The van der Waals surface area contributed by atoms with Gasteiger partial charge in [-0.05, 0) is 0 Å². The van der Waals surface area contributed by atoms with Crippen molar-refractivity contribution in [1.82, 2.24) is 9.97 Å². The Hall–Kier alpha value is -1.40. The van der Waals surface area contributed by atoms with Crippen LogP contribution in [0.3, 0.4) is 0 Å². The van der Waals surface area contributed by atoms with E-state index in [2.05, 4.69) is 9.97 Å². The van der Waals surface area contributed by atoms with Crippen LogP contribution in [0, 0.1) is 0 Å². The lowest BCUT2D eigenvalue weighted by Gasteiger charge is -2.27. The van der Waals surface area contributed by atoms with Gasteiger partial charge in [-0.15, -0.1) is 0 Å². The van der Waals surface area contributed by atoms with Crippen LogP contribution in [0.5, 0.6) is 0 Å². The maximum absolute atomic E-state index is 11.2. The largest absolute Gasteiger partial charge is 0.378 e. The number of rotatable bonds is 2. The number of hydrogen-bond donors (Lipinski definition) is 2. The van der Waals surface area contributed by atoms with Gasteiger partial charge in [0.1, 0.15) is 5.82 Å². The van der Waals surface area contributed by atoms with Crippen molar-refractivity contribution in [1.29, 1.82) is 0 Å². The van der Waals surface area contributed by atoms with Gasteiger partial charge in [0.2, 0.25) is 0 Å². The van der Waals surface area contributed by atoms with Crippen LogP contribution in [-0.2, 0) is 11.3 Å². The second-order valence-electron chi connectivity index (χ2n) is 3.37. The third-order valence-corrected chi connectivity index (χ3v) is 2.34. The predicted octanol–water partition coefficient (Wildman–Crippen LogP) is -0.935. The number of aromatic amines is 1. The molecule has 0 saturated carbocycles. The Morgan fingerprint density at radius 2 is 2.27 bits per heavy atom. The SMILES string of the molecule is NCc1cc(N2CCOCC2)nc(=O)[nH]1. The van der Waals surface area contributed by atoms with Crippen molar-refractivity contribution in [3.8, 4) is 0 Å². The molecule has 1 aromatic heterocycles. The molecular formula is C9H14N4O2. The normalized spacial score (nSPS) is 16.7. The number of morpholine rings is 1. The van der Waals surface area contributed by atoms with Crippen LogP contribution in [0.15, 0.2) is 10.9 Å². The number of aromatic nitrogens is 2. The Balaban J connectivity index is 2.26. The first-order chi connectivity index (χ1) is 7.29. The lowest BCUT2D eigenvalue weighted by molar-refractivity contribution is 0.122. The van der Waals surface area contributed by atoms with Gasteiger partial charge in [0, 0.05) is 31.4 Å². The van der Waals surface area contributed by atoms with E-state index in [1.165, 1.54) is 0 Å². The quantitative estimate of drug-likeness (QED) is 0.658. The summed E-state index contributed by atoms with van der Waals surface area (Å²) in [5.74, 6) is 0.683. The van der Waals surface area contributed by atoms with Gasteiger partial charge < -0.3 is 20.4 Å².